The van der Waals surface area contributed by atoms with Gasteiger partial charge in [-0.3, -0.25) is 14.4 Å². The molecule has 0 aromatic carbocycles. The van der Waals surface area contributed by atoms with Crippen LogP contribution < -0.4 is 21.7 Å². The average Bonchev–Trinajstić information content (AvgIpc) is 2.65. The molecule has 0 unspecified atom stereocenters. The number of primary amides is 1. The van der Waals surface area contributed by atoms with Crippen LogP contribution >= 0.6 is 0 Å². The van der Waals surface area contributed by atoms with Crippen LogP contribution in [0.25, 0.3) is 0 Å². The summed E-state index contributed by atoms with van der Waals surface area (Å²) in [6.45, 7) is 6.62. The van der Waals surface area contributed by atoms with E-state index in [0.29, 0.717) is 6.54 Å². The van der Waals surface area contributed by atoms with E-state index in [1.54, 1.807) is 7.05 Å². The Kier molecular flexibility index (Phi) is 16.3. The molecule has 0 aliphatic rings. The first-order valence-electron chi connectivity index (χ1n) is 11.4. The molecule has 3 amide bonds. The van der Waals surface area contributed by atoms with Gasteiger partial charge >= 0.3 is 0 Å². The van der Waals surface area contributed by atoms with Gasteiger partial charge in [0.05, 0.1) is 12.5 Å². The zero-order chi connectivity index (χ0) is 22.1. The van der Waals surface area contributed by atoms with Gasteiger partial charge in [0.2, 0.25) is 17.7 Å². The summed E-state index contributed by atoms with van der Waals surface area (Å²) in [7, 11) is 1.68. The highest BCUT2D eigenvalue weighted by Crippen LogP contribution is 2.10. The fraction of sp³-hybridized carbons (Fsp3) is 0.864. The lowest BCUT2D eigenvalue weighted by molar-refractivity contribution is -0.131. The third kappa shape index (κ3) is 14.1. The van der Waals surface area contributed by atoms with Crippen LogP contribution in [0.2, 0.25) is 0 Å². The van der Waals surface area contributed by atoms with Crippen molar-refractivity contribution in [3.8, 4) is 0 Å². The molecule has 0 aliphatic carbocycles. The normalized spacial score (nSPS) is 13.1. The Balaban J connectivity index is 3.97. The van der Waals surface area contributed by atoms with Gasteiger partial charge in [0.15, 0.2) is 0 Å². The van der Waals surface area contributed by atoms with Crippen LogP contribution in [-0.4, -0.2) is 43.4 Å². The summed E-state index contributed by atoms with van der Waals surface area (Å²) < 4.78 is 0. The number of hydrogen-bond acceptors (Lipinski definition) is 4. The molecule has 0 bridgehead atoms. The Bertz CT molecular complexity index is 469. The molecule has 7 heteroatoms. The Morgan fingerprint density at radius 1 is 0.862 bits per heavy atom. The van der Waals surface area contributed by atoms with Crippen LogP contribution in [0.15, 0.2) is 0 Å². The van der Waals surface area contributed by atoms with E-state index >= 15 is 0 Å². The summed E-state index contributed by atoms with van der Waals surface area (Å²) >= 11 is 0. The Labute approximate surface area is 177 Å². The van der Waals surface area contributed by atoms with E-state index in [9.17, 15) is 14.4 Å². The number of rotatable bonds is 18. The molecule has 170 valence electrons. The number of carbonyl (C=O) groups excluding carboxylic acids is 3. The average molecular weight is 413 g/mol. The first-order valence-corrected chi connectivity index (χ1v) is 11.4. The molecule has 0 heterocycles. The van der Waals surface area contributed by atoms with Crippen LogP contribution in [0, 0.1) is 5.92 Å². The zero-order valence-corrected chi connectivity index (χ0v) is 19.0. The fourth-order valence-corrected chi connectivity index (χ4v) is 3.35. The highest BCUT2D eigenvalue weighted by Gasteiger charge is 2.26. The van der Waals surface area contributed by atoms with E-state index in [-0.39, 0.29) is 24.2 Å². The van der Waals surface area contributed by atoms with Crippen molar-refractivity contribution in [2.45, 2.75) is 103 Å². The molecule has 0 rings (SSSR count). The standard InChI is InChI=1S/C22H44N4O3/c1-5-6-7-8-9-10-11-12-13-14-15-25-19(27)16-18(21(23)28)26-22(29)20(24-4)17(2)3/h17-18,20,24H,5-16H2,1-4H3,(H2,23,28)(H,25,27)(H,26,29)/t18-,20-/m0/s1. The predicted molar refractivity (Wildman–Crippen MR) is 118 cm³/mol. The molecule has 29 heavy (non-hydrogen) atoms. The number of carbonyl (C=O) groups is 3. The Morgan fingerprint density at radius 3 is 1.83 bits per heavy atom. The summed E-state index contributed by atoms with van der Waals surface area (Å²) in [5, 5.41) is 8.31. The minimum atomic E-state index is -0.996. The van der Waals surface area contributed by atoms with E-state index in [2.05, 4.69) is 22.9 Å². The van der Waals surface area contributed by atoms with Crippen molar-refractivity contribution >= 4 is 17.7 Å². The lowest BCUT2D eigenvalue weighted by Gasteiger charge is -2.22. The third-order valence-electron chi connectivity index (χ3n) is 5.16. The van der Waals surface area contributed by atoms with Crippen molar-refractivity contribution in [2.75, 3.05) is 13.6 Å². The van der Waals surface area contributed by atoms with Crippen molar-refractivity contribution < 1.29 is 14.4 Å². The van der Waals surface area contributed by atoms with Gasteiger partial charge < -0.3 is 21.7 Å². The number of likely N-dealkylation sites (N-methyl/N-ethyl adjacent to an activating group) is 1. The Hall–Kier alpha value is -1.63. The van der Waals surface area contributed by atoms with E-state index in [0.717, 1.165) is 12.8 Å². The Morgan fingerprint density at radius 2 is 1.38 bits per heavy atom. The molecule has 0 saturated carbocycles. The smallest absolute Gasteiger partial charge is 0.240 e. The molecule has 7 nitrogen and oxygen atoms in total. The molecule has 5 N–H and O–H groups in total. The lowest BCUT2D eigenvalue weighted by Crippen LogP contribution is -2.54. The fourth-order valence-electron chi connectivity index (χ4n) is 3.35. The van der Waals surface area contributed by atoms with Crippen LogP contribution in [0.1, 0.15) is 91.4 Å². The number of hydrogen-bond donors (Lipinski definition) is 4. The highest BCUT2D eigenvalue weighted by molar-refractivity contribution is 5.92. The van der Waals surface area contributed by atoms with E-state index < -0.39 is 18.0 Å². The van der Waals surface area contributed by atoms with Crippen molar-refractivity contribution in [3.05, 3.63) is 0 Å². The first kappa shape index (κ1) is 27.4. The van der Waals surface area contributed by atoms with E-state index in [1.807, 2.05) is 13.8 Å². The maximum atomic E-state index is 12.3. The van der Waals surface area contributed by atoms with Crippen LogP contribution in [0.3, 0.4) is 0 Å². The molecule has 0 radical (unpaired) electrons. The SMILES string of the molecule is CCCCCCCCCCCCNC(=O)C[C@H](NC(=O)[C@@H](NC)C(C)C)C(N)=O. The number of amides is 3. The molecular weight excluding hydrogens is 368 g/mol. The predicted octanol–water partition coefficient (Wildman–Crippen LogP) is 2.63. The second kappa shape index (κ2) is 17.2. The summed E-state index contributed by atoms with van der Waals surface area (Å²) in [6.07, 6.45) is 12.2. The summed E-state index contributed by atoms with van der Waals surface area (Å²) in [5.74, 6) is -1.24. The minimum Gasteiger partial charge on any atom is -0.368 e. The maximum Gasteiger partial charge on any atom is 0.240 e. The second-order valence-electron chi connectivity index (χ2n) is 8.21. The highest BCUT2D eigenvalue weighted by atomic mass is 16.2. The van der Waals surface area contributed by atoms with Crippen molar-refractivity contribution in [2.24, 2.45) is 11.7 Å². The maximum absolute atomic E-state index is 12.3. The first-order chi connectivity index (χ1) is 13.8. The van der Waals surface area contributed by atoms with E-state index in [4.69, 9.17) is 5.73 Å². The topological polar surface area (TPSA) is 113 Å². The van der Waals surface area contributed by atoms with Gasteiger partial charge in [-0.15, -0.1) is 0 Å². The lowest BCUT2D eigenvalue weighted by atomic mass is 10.0. The third-order valence-corrected chi connectivity index (χ3v) is 5.16. The number of nitrogens with two attached hydrogens (primary N) is 1. The quantitative estimate of drug-likeness (QED) is 0.259. The summed E-state index contributed by atoms with van der Waals surface area (Å²) in [6, 6.07) is -1.43. The van der Waals surface area contributed by atoms with Gasteiger partial charge in [0.1, 0.15) is 6.04 Å². The van der Waals surface area contributed by atoms with Crippen molar-refractivity contribution in [1.82, 2.24) is 16.0 Å². The summed E-state index contributed by atoms with van der Waals surface area (Å²) in [4.78, 5) is 36.0. The molecule has 0 saturated heterocycles. The molecule has 0 aromatic heterocycles. The number of nitrogens with one attached hydrogen (secondary N) is 3. The van der Waals surface area contributed by atoms with Crippen molar-refractivity contribution in [1.29, 1.82) is 0 Å². The monoisotopic (exact) mass is 412 g/mol. The molecule has 2 atom stereocenters. The van der Waals surface area contributed by atoms with Gasteiger partial charge in [-0.25, -0.2) is 0 Å². The molecule has 0 aliphatic heterocycles. The van der Waals surface area contributed by atoms with Gasteiger partial charge in [0, 0.05) is 6.54 Å². The second-order valence-corrected chi connectivity index (χ2v) is 8.21. The largest absolute Gasteiger partial charge is 0.368 e. The van der Waals surface area contributed by atoms with E-state index in [1.165, 1.54) is 51.4 Å². The van der Waals surface area contributed by atoms with Crippen molar-refractivity contribution in [3.63, 3.8) is 0 Å². The van der Waals surface area contributed by atoms with Gasteiger partial charge in [0.25, 0.3) is 0 Å². The van der Waals surface area contributed by atoms with Crippen LogP contribution in [-0.2, 0) is 14.4 Å². The molecule has 0 aromatic rings. The van der Waals surface area contributed by atoms with Gasteiger partial charge in [-0.2, -0.15) is 0 Å². The molecule has 0 fully saturated rings. The minimum absolute atomic E-state index is 0.0543. The molecule has 0 spiro atoms. The zero-order valence-electron chi connectivity index (χ0n) is 19.0. The molecular formula is C22H44N4O3. The van der Waals surface area contributed by atoms with Gasteiger partial charge in [-0.1, -0.05) is 78.6 Å². The van der Waals surface area contributed by atoms with Gasteiger partial charge in [-0.05, 0) is 19.4 Å². The number of unbranched alkanes of at least 4 members (excludes halogenated alkanes) is 9. The van der Waals surface area contributed by atoms with Crippen LogP contribution in [0.4, 0.5) is 0 Å². The summed E-state index contributed by atoms with van der Waals surface area (Å²) in [5.41, 5.74) is 5.36. The van der Waals surface area contributed by atoms with Crippen LogP contribution in [0.5, 0.6) is 0 Å².